The van der Waals surface area contributed by atoms with Crippen LogP contribution in [0.3, 0.4) is 0 Å². The molecule has 2 heterocycles. The van der Waals surface area contributed by atoms with E-state index in [0.717, 1.165) is 11.3 Å². The lowest BCUT2D eigenvalue weighted by Gasteiger charge is -2.07. The normalized spacial score (nSPS) is 11.0. The molecule has 8 heteroatoms. The van der Waals surface area contributed by atoms with Crippen molar-refractivity contribution in [1.82, 2.24) is 20.3 Å². The lowest BCUT2D eigenvalue weighted by Crippen LogP contribution is -2.14. The molecule has 23 heavy (non-hydrogen) atoms. The van der Waals surface area contributed by atoms with Crippen LogP contribution in [0, 0.1) is 0 Å². The standard InChI is InChI=1S/C15H14Cl2N6/c16-10-3-1-8(5-11(10)17)6-20-7-9-2-4-12-13(21-9)14(18)23-15(19)22-12/h1-5,20H,6-7H2,(H4,18,19,22,23). The second-order valence-corrected chi connectivity index (χ2v) is 5.80. The molecule has 3 rings (SSSR count). The number of nitrogen functional groups attached to an aromatic ring is 2. The number of aromatic nitrogens is 3. The highest BCUT2D eigenvalue weighted by molar-refractivity contribution is 6.42. The fourth-order valence-electron chi connectivity index (χ4n) is 2.18. The Kier molecular flexibility index (Phi) is 4.47. The van der Waals surface area contributed by atoms with Crippen molar-refractivity contribution < 1.29 is 0 Å². The SMILES string of the molecule is Nc1nc(N)c2nc(CNCc3ccc(Cl)c(Cl)c3)ccc2n1. The van der Waals surface area contributed by atoms with Gasteiger partial charge >= 0.3 is 0 Å². The van der Waals surface area contributed by atoms with Crippen LogP contribution in [-0.4, -0.2) is 15.0 Å². The van der Waals surface area contributed by atoms with E-state index in [0.29, 0.717) is 34.2 Å². The first-order valence-electron chi connectivity index (χ1n) is 6.86. The van der Waals surface area contributed by atoms with Gasteiger partial charge in [0.2, 0.25) is 5.95 Å². The van der Waals surface area contributed by atoms with Crippen LogP contribution in [0.25, 0.3) is 11.0 Å². The Morgan fingerprint density at radius 3 is 2.52 bits per heavy atom. The number of rotatable bonds is 4. The summed E-state index contributed by atoms with van der Waals surface area (Å²) in [7, 11) is 0. The third kappa shape index (κ3) is 3.61. The number of benzene rings is 1. The van der Waals surface area contributed by atoms with Crippen LogP contribution in [0.5, 0.6) is 0 Å². The van der Waals surface area contributed by atoms with Crippen molar-refractivity contribution in [3.05, 3.63) is 51.6 Å². The third-order valence-electron chi connectivity index (χ3n) is 3.26. The largest absolute Gasteiger partial charge is 0.382 e. The minimum absolute atomic E-state index is 0.141. The molecule has 118 valence electrons. The van der Waals surface area contributed by atoms with Gasteiger partial charge in [-0.1, -0.05) is 29.3 Å². The quantitative estimate of drug-likeness (QED) is 0.669. The molecule has 0 spiro atoms. The summed E-state index contributed by atoms with van der Waals surface area (Å²) in [5, 5.41) is 4.37. The highest BCUT2D eigenvalue weighted by Crippen LogP contribution is 2.22. The van der Waals surface area contributed by atoms with Crippen molar-refractivity contribution in [2.75, 3.05) is 11.5 Å². The van der Waals surface area contributed by atoms with Gasteiger partial charge in [-0.25, -0.2) is 9.97 Å². The van der Waals surface area contributed by atoms with Crippen LogP contribution in [0.2, 0.25) is 10.0 Å². The predicted molar refractivity (Wildman–Crippen MR) is 93.2 cm³/mol. The smallest absolute Gasteiger partial charge is 0.222 e. The molecule has 6 nitrogen and oxygen atoms in total. The summed E-state index contributed by atoms with van der Waals surface area (Å²) in [6, 6.07) is 9.23. The average Bonchev–Trinajstić information content (AvgIpc) is 2.51. The number of hydrogen-bond donors (Lipinski definition) is 3. The van der Waals surface area contributed by atoms with Crippen LogP contribution in [0.4, 0.5) is 11.8 Å². The number of nitrogens with two attached hydrogens (primary N) is 2. The summed E-state index contributed by atoms with van der Waals surface area (Å²) in [6.07, 6.45) is 0. The Hall–Kier alpha value is -2.15. The molecule has 0 bridgehead atoms. The highest BCUT2D eigenvalue weighted by Gasteiger charge is 2.06. The van der Waals surface area contributed by atoms with Crippen LogP contribution >= 0.6 is 23.2 Å². The van der Waals surface area contributed by atoms with Crippen molar-refractivity contribution in [3.63, 3.8) is 0 Å². The summed E-state index contributed by atoms with van der Waals surface area (Å²) >= 11 is 11.9. The summed E-state index contributed by atoms with van der Waals surface area (Å²) in [5.41, 5.74) is 14.4. The number of nitrogens with one attached hydrogen (secondary N) is 1. The predicted octanol–water partition coefficient (Wildman–Crippen LogP) is 2.79. The van der Waals surface area contributed by atoms with Gasteiger partial charge in [0.05, 0.1) is 21.3 Å². The fraction of sp³-hybridized carbons (Fsp3) is 0.133. The summed E-state index contributed by atoms with van der Waals surface area (Å²) in [4.78, 5) is 12.5. The number of halogens is 2. The molecule has 0 amide bonds. The minimum atomic E-state index is 0.141. The number of fused-ring (bicyclic) bond motifs is 1. The first-order valence-corrected chi connectivity index (χ1v) is 7.62. The van der Waals surface area contributed by atoms with Gasteiger partial charge in [-0.3, -0.25) is 0 Å². The van der Waals surface area contributed by atoms with Gasteiger partial charge in [0.1, 0.15) is 5.52 Å². The van der Waals surface area contributed by atoms with Crippen molar-refractivity contribution in [2.24, 2.45) is 0 Å². The van der Waals surface area contributed by atoms with Gasteiger partial charge in [-0.05, 0) is 29.8 Å². The van der Waals surface area contributed by atoms with E-state index in [2.05, 4.69) is 20.3 Å². The first kappa shape index (κ1) is 15.7. The lowest BCUT2D eigenvalue weighted by atomic mass is 10.2. The van der Waals surface area contributed by atoms with E-state index in [1.165, 1.54) is 0 Å². The van der Waals surface area contributed by atoms with Crippen molar-refractivity contribution in [1.29, 1.82) is 0 Å². The summed E-state index contributed by atoms with van der Waals surface area (Å²) in [5.74, 6) is 0.418. The van der Waals surface area contributed by atoms with Crippen LogP contribution < -0.4 is 16.8 Å². The van der Waals surface area contributed by atoms with Crippen LogP contribution in [0.1, 0.15) is 11.3 Å². The monoisotopic (exact) mass is 348 g/mol. The van der Waals surface area contributed by atoms with E-state index in [1.807, 2.05) is 24.3 Å². The van der Waals surface area contributed by atoms with Gasteiger partial charge in [-0.15, -0.1) is 0 Å². The van der Waals surface area contributed by atoms with Gasteiger partial charge in [0.15, 0.2) is 5.82 Å². The van der Waals surface area contributed by atoms with E-state index in [9.17, 15) is 0 Å². The molecule has 0 aliphatic carbocycles. The second kappa shape index (κ2) is 6.54. The average molecular weight is 349 g/mol. The van der Waals surface area contributed by atoms with Crippen LogP contribution in [-0.2, 0) is 13.1 Å². The minimum Gasteiger partial charge on any atom is -0.382 e. The maximum absolute atomic E-state index is 6.00. The van der Waals surface area contributed by atoms with E-state index in [4.69, 9.17) is 34.7 Å². The lowest BCUT2D eigenvalue weighted by molar-refractivity contribution is 0.681. The molecule has 3 aromatic rings. The van der Waals surface area contributed by atoms with Gasteiger partial charge in [0.25, 0.3) is 0 Å². The van der Waals surface area contributed by atoms with Crippen molar-refractivity contribution in [3.8, 4) is 0 Å². The molecule has 0 fully saturated rings. The van der Waals surface area contributed by atoms with E-state index in [-0.39, 0.29) is 11.8 Å². The molecule has 0 aliphatic heterocycles. The maximum atomic E-state index is 6.00. The topological polar surface area (TPSA) is 103 Å². The Morgan fingerprint density at radius 2 is 1.74 bits per heavy atom. The highest BCUT2D eigenvalue weighted by atomic mass is 35.5. The Bertz CT molecular complexity index is 868. The number of pyridine rings is 1. The zero-order chi connectivity index (χ0) is 16.4. The van der Waals surface area contributed by atoms with E-state index < -0.39 is 0 Å². The third-order valence-corrected chi connectivity index (χ3v) is 4.00. The molecule has 5 N–H and O–H groups in total. The zero-order valence-electron chi connectivity index (χ0n) is 12.1. The van der Waals surface area contributed by atoms with E-state index >= 15 is 0 Å². The number of hydrogen-bond acceptors (Lipinski definition) is 6. The molecular formula is C15H14Cl2N6. The number of nitrogens with zero attached hydrogens (tertiary/aromatic N) is 3. The Balaban J connectivity index is 1.70. The molecule has 2 aromatic heterocycles. The fourth-order valence-corrected chi connectivity index (χ4v) is 2.50. The van der Waals surface area contributed by atoms with Crippen LogP contribution in [0.15, 0.2) is 30.3 Å². The molecule has 0 saturated carbocycles. The maximum Gasteiger partial charge on any atom is 0.222 e. The Morgan fingerprint density at radius 1 is 0.913 bits per heavy atom. The zero-order valence-corrected chi connectivity index (χ0v) is 13.6. The molecule has 0 radical (unpaired) electrons. The van der Waals surface area contributed by atoms with Crippen molar-refractivity contribution >= 4 is 46.0 Å². The molecular weight excluding hydrogens is 335 g/mol. The number of anilines is 2. The van der Waals surface area contributed by atoms with Crippen molar-refractivity contribution in [2.45, 2.75) is 13.1 Å². The molecule has 0 unspecified atom stereocenters. The molecule has 0 aliphatic rings. The van der Waals surface area contributed by atoms with Gasteiger partial charge < -0.3 is 16.8 Å². The second-order valence-electron chi connectivity index (χ2n) is 4.99. The van der Waals surface area contributed by atoms with Gasteiger partial charge in [0, 0.05) is 13.1 Å². The molecule has 0 saturated heterocycles. The van der Waals surface area contributed by atoms with Gasteiger partial charge in [-0.2, -0.15) is 4.98 Å². The Labute approximate surface area is 142 Å². The van der Waals surface area contributed by atoms with E-state index in [1.54, 1.807) is 6.07 Å². The molecule has 1 aromatic carbocycles. The summed E-state index contributed by atoms with van der Waals surface area (Å²) in [6.45, 7) is 1.21. The summed E-state index contributed by atoms with van der Waals surface area (Å²) < 4.78 is 0. The first-order chi connectivity index (χ1) is 11.0. The molecule has 0 atom stereocenters.